The molecule has 4 rings (SSSR count). The van der Waals surface area contributed by atoms with Crippen molar-refractivity contribution in [2.45, 2.75) is 103 Å². The Morgan fingerprint density at radius 2 is 1.73 bits per heavy atom. The van der Waals surface area contributed by atoms with Gasteiger partial charge in [-0.3, -0.25) is 19.3 Å². The number of rotatable bonds is 8. The standard InChI is InChI=1S/C33H48ClN5O5/c1-21(37(7)32(43)44-33(2,3)4)29(40)35-28(22-12-9-8-10-13-22)31(42)39-17-11-14-24(39)19-38-20-26(30(41)36(5)6)25-18-23(34)15-16-27(25)38/h15-16,18,20-22,24,28H,8-14,17,19H2,1-7H3,(H,35,40)/t21-,24-,28-/m0/s1. The highest BCUT2D eigenvalue weighted by atomic mass is 35.5. The average Bonchev–Trinajstić information content (AvgIpc) is 3.58. The van der Waals surface area contributed by atoms with Crippen molar-refractivity contribution in [2.75, 3.05) is 27.7 Å². The lowest BCUT2D eigenvalue weighted by Crippen LogP contribution is -2.57. The molecule has 1 saturated heterocycles. The van der Waals surface area contributed by atoms with Gasteiger partial charge < -0.3 is 24.4 Å². The van der Waals surface area contributed by atoms with E-state index in [4.69, 9.17) is 16.3 Å². The summed E-state index contributed by atoms with van der Waals surface area (Å²) >= 11 is 6.31. The lowest BCUT2D eigenvalue weighted by Gasteiger charge is -2.36. The molecule has 2 fully saturated rings. The van der Waals surface area contributed by atoms with E-state index in [-0.39, 0.29) is 29.7 Å². The summed E-state index contributed by atoms with van der Waals surface area (Å²) in [6.45, 7) is 8.11. The topological polar surface area (TPSA) is 104 Å². The molecular weight excluding hydrogens is 582 g/mol. The van der Waals surface area contributed by atoms with Gasteiger partial charge in [0.15, 0.2) is 0 Å². The normalized spacial score (nSPS) is 19.0. The summed E-state index contributed by atoms with van der Waals surface area (Å²) < 4.78 is 7.50. The maximum absolute atomic E-state index is 14.3. The van der Waals surface area contributed by atoms with Gasteiger partial charge in [-0.15, -0.1) is 0 Å². The second-order valence-electron chi connectivity index (χ2n) is 13.5. The Balaban J connectivity index is 1.56. The summed E-state index contributed by atoms with van der Waals surface area (Å²) in [6, 6.07) is 3.95. The molecule has 4 amide bonds. The van der Waals surface area contributed by atoms with Crippen LogP contribution in [0.15, 0.2) is 24.4 Å². The number of ether oxygens (including phenoxy) is 1. The summed E-state index contributed by atoms with van der Waals surface area (Å²) in [5.74, 6) is -0.539. The Morgan fingerprint density at radius 1 is 1.05 bits per heavy atom. The second-order valence-corrected chi connectivity index (χ2v) is 14.0. The fourth-order valence-electron chi connectivity index (χ4n) is 6.34. The summed E-state index contributed by atoms with van der Waals surface area (Å²) in [4.78, 5) is 58.2. The van der Waals surface area contributed by atoms with Gasteiger partial charge in [0.1, 0.15) is 17.7 Å². The molecule has 1 aromatic carbocycles. The number of nitrogens with one attached hydrogen (secondary N) is 1. The number of likely N-dealkylation sites (tertiary alicyclic amines) is 1. The molecule has 11 heteroatoms. The van der Waals surface area contributed by atoms with Crippen molar-refractivity contribution in [3.63, 3.8) is 0 Å². The zero-order valence-electron chi connectivity index (χ0n) is 27.2. The van der Waals surface area contributed by atoms with E-state index < -0.39 is 23.8 Å². The van der Waals surface area contributed by atoms with Crippen LogP contribution in [-0.2, 0) is 20.9 Å². The van der Waals surface area contributed by atoms with Crippen molar-refractivity contribution in [3.8, 4) is 0 Å². The Labute approximate surface area is 266 Å². The molecule has 1 aliphatic carbocycles. The van der Waals surface area contributed by atoms with Crippen LogP contribution in [0.5, 0.6) is 0 Å². The van der Waals surface area contributed by atoms with Gasteiger partial charge in [0, 0.05) is 62.4 Å². The molecule has 1 saturated carbocycles. The quantitative estimate of drug-likeness (QED) is 0.426. The van der Waals surface area contributed by atoms with Gasteiger partial charge in [-0.25, -0.2) is 4.79 Å². The van der Waals surface area contributed by atoms with E-state index >= 15 is 0 Å². The Hall–Kier alpha value is -3.27. The van der Waals surface area contributed by atoms with Gasteiger partial charge in [-0.1, -0.05) is 30.9 Å². The second kappa shape index (κ2) is 13.8. The van der Waals surface area contributed by atoms with E-state index in [9.17, 15) is 19.2 Å². The molecule has 0 radical (unpaired) electrons. The smallest absolute Gasteiger partial charge is 0.410 e. The lowest BCUT2D eigenvalue weighted by atomic mass is 9.83. The number of hydrogen-bond donors (Lipinski definition) is 1. The molecule has 1 aliphatic heterocycles. The summed E-state index contributed by atoms with van der Waals surface area (Å²) in [5.41, 5.74) is 0.763. The monoisotopic (exact) mass is 629 g/mol. The molecule has 3 atom stereocenters. The minimum Gasteiger partial charge on any atom is -0.444 e. The zero-order chi connectivity index (χ0) is 32.3. The maximum Gasteiger partial charge on any atom is 0.410 e. The van der Waals surface area contributed by atoms with Crippen LogP contribution in [0.3, 0.4) is 0 Å². The van der Waals surface area contributed by atoms with Crippen LogP contribution in [0, 0.1) is 5.92 Å². The number of carbonyl (C=O) groups excluding carboxylic acids is 4. The molecule has 2 heterocycles. The van der Waals surface area contributed by atoms with Gasteiger partial charge in [0.05, 0.1) is 5.56 Å². The minimum absolute atomic E-state index is 0.0272. The van der Waals surface area contributed by atoms with Gasteiger partial charge in [0.2, 0.25) is 11.8 Å². The molecule has 0 bridgehead atoms. The third kappa shape index (κ3) is 7.68. The number of fused-ring (bicyclic) bond motifs is 1. The number of likely N-dealkylation sites (N-methyl/N-ethyl adjacent to an activating group) is 1. The highest BCUT2D eigenvalue weighted by Crippen LogP contribution is 2.31. The Bertz CT molecular complexity index is 1380. The fraction of sp³-hybridized carbons (Fsp3) is 0.636. The molecule has 2 aliphatic rings. The lowest BCUT2D eigenvalue weighted by molar-refractivity contribution is -0.140. The number of halogens is 1. The number of hydrogen-bond acceptors (Lipinski definition) is 5. The van der Waals surface area contributed by atoms with Crippen molar-refractivity contribution in [3.05, 3.63) is 35.0 Å². The summed E-state index contributed by atoms with van der Waals surface area (Å²) in [5, 5.41) is 4.40. The van der Waals surface area contributed by atoms with Crippen LogP contribution < -0.4 is 5.32 Å². The number of amides is 4. The van der Waals surface area contributed by atoms with Crippen LogP contribution >= 0.6 is 11.6 Å². The summed E-state index contributed by atoms with van der Waals surface area (Å²) in [6.07, 6.45) is 7.83. The first-order valence-corrected chi connectivity index (χ1v) is 16.1. The van der Waals surface area contributed by atoms with E-state index in [1.54, 1.807) is 46.7 Å². The molecule has 242 valence electrons. The number of carbonyl (C=O) groups is 4. The van der Waals surface area contributed by atoms with Crippen molar-refractivity contribution >= 4 is 46.3 Å². The predicted octanol–water partition coefficient (Wildman–Crippen LogP) is 5.31. The van der Waals surface area contributed by atoms with E-state index in [0.717, 1.165) is 55.8 Å². The van der Waals surface area contributed by atoms with Gasteiger partial charge >= 0.3 is 6.09 Å². The first kappa shape index (κ1) is 33.6. The van der Waals surface area contributed by atoms with Crippen LogP contribution in [0.4, 0.5) is 4.79 Å². The van der Waals surface area contributed by atoms with Crippen LogP contribution in [0.2, 0.25) is 5.02 Å². The molecule has 1 N–H and O–H groups in total. The summed E-state index contributed by atoms with van der Waals surface area (Å²) in [7, 11) is 4.98. The first-order valence-electron chi connectivity index (χ1n) is 15.7. The van der Waals surface area contributed by atoms with Crippen molar-refractivity contribution in [2.24, 2.45) is 5.92 Å². The number of nitrogens with zero attached hydrogens (tertiary/aromatic N) is 4. The average molecular weight is 630 g/mol. The Morgan fingerprint density at radius 3 is 2.36 bits per heavy atom. The van der Waals surface area contributed by atoms with E-state index in [1.165, 1.54) is 11.9 Å². The van der Waals surface area contributed by atoms with E-state index in [2.05, 4.69) is 5.32 Å². The van der Waals surface area contributed by atoms with E-state index in [0.29, 0.717) is 23.7 Å². The van der Waals surface area contributed by atoms with E-state index in [1.807, 2.05) is 33.9 Å². The molecule has 0 unspecified atom stereocenters. The third-order valence-electron chi connectivity index (χ3n) is 8.87. The van der Waals surface area contributed by atoms with Gasteiger partial charge in [-0.2, -0.15) is 0 Å². The van der Waals surface area contributed by atoms with Gasteiger partial charge in [-0.05, 0) is 77.5 Å². The fourth-order valence-corrected chi connectivity index (χ4v) is 6.52. The number of benzene rings is 1. The molecule has 0 spiro atoms. The molecular formula is C33H48ClN5O5. The van der Waals surface area contributed by atoms with Crippen LogP contribution in [0.1, 0.15) is 83.0 Å². The van der Waals surface area contributed by atoms with Gasteiger partial charge in [0.25, 0.3) is 5.91 Å². The Kier molecular flexibility index (Phi) is 10.5. The largest absolute Gasteiger partial charge is 0.444 e. The van der Waals surface area contributed by atoms with Crippen molar-refractivity contribution < 1.29 is 23.9 Å². The molecule has 1 aromatic heterocycles. The molecule has 2 aromatic rings. The maximum atomic E-state index is 14.3. The predicted molar refractivity (Wildman–Crippen MR) is 172 cm³/mol. The molecule has 10 nitrogen and oxygen atoms in total. The highest BCUT2D eigenvalue weighted by Gasteiger charge is 2.40. The minimum atomic E-state index is -0.816. The molecule has 44 heavy (non-hydrogen) atoms. The first-order chi connectivity index (χ1) is 20.7. The van der Waals surface area contributed by atoms with Crippen molar-refractivity contribution in [1.82, 2.24) is 24.6 Å². The SMILES string of the molecule is C[C@@H](C(=O)N[C@H](C(=O)N1CCC[C@H]1Cn1cc(C(=O)N(C)C)c2cc(Cl)ccc21)C1CCCCC1)N(C)C(=O)OC(C)(C)C. The van der Waals surface area contributed by atoms with Crippen molar-refractivity contribution in [1.29, 1.82) is 0 Å². The highest BCUT2D eigenvalue weighted by molar-refractivity contribution is 6.31. The third-order valence-corrected chi connectivity index (χ3v) is 9.11. The zero-order valence-corrected chi connectivity index (χ0v) is 27.9. The number of aromatic nitrogens is 1. The van der Waals surface area contributed by atoms with Crippen LogP contribution in [0.25, 0.3) is 10.9 Å². The van der Waals surface area contributed by atoms with Crippen LogP contribution in [-0.4, -0.2) is 94.5 Å².